The number of phenols is 1. The van der Waals surface area contributed by atoms with Gasteiger partial charge in [-0.2, -0.15) is 0 Å². The van der Waals surface area contributed by atoms with Gasteiger partial charge < -0.3 is 14.7 Å². The van der Waals surface area contributed by atoms with E-state index in [0.717, 1.165) is 18.4 Å². The zero-order valence-electron chi connectivity index (χ0n) is 10.6. The third kappa shape index (κ3) is 3.01. The van der Waals surface area contributed by atoms with Gasteiger partial charge in [0.25, 0.3) is 0 Å². The fraction of sp³-hybridized carbons (Fsp3) is 0.500. The number of rotatable bonds is 3. The second-order valence-corrected chi connectivity index (χ2v) is 4.71. The Kier molecular flexibility index (Phi) is 4.20. The first kappa shape index (κ1) is 12.9. The Bertz CT molecular complexity index is 413. The Morgan fingerprint density at radius 2 is 2.06 bits per heavy atom. The van der Waals surface area contributed by atoms with Gasteiger partial charge in [0.15, 0.2) is 0 Å². The van der Waals surface area contributed by atoms with Gasteiger partial charge in [0.1, 0.15) is 5.75 Å². The van der Waals surface area contributed by atoms with Crippen LogP contribution in [-0.2, 0) is 16.1 Å². The topological polar surface area (TPSA) is 49.8 Å². The molecule has 2 rings (SSSR count). The number of nitrogens with zero attached hydrogens (tertiary/aromatic N) is 1. The van der Waals surface area contributed by atoms with Crippen molar-refractivity contribution in [3.63, 3.8) is 0 Å². The number of phenolic OH excluding ortho intramolecular Hbond substituents is 1. The zero-order chi connectivity index (χ0) is 13.0. The van der Waals surface area contributed by atoms with E-state index in [9.17, 15) is 9.90 Å². The molecular weight excluding hydrogens is 230 g/mol. The highest BCUT2D eigenvalue weighted by atomic mass is 16.5. The Hall–Kier alpha value is -1.55. The summed E-state index contributed by atoms with van der Waals surface area (Å²) in [6.45, 7) is 1.78. The minimum atomic E-state index is 0.0644. The van der Waals surface area contributed by atoms with E-state index in [1.807, 2.05) is 12.1 Å². The van der Waals surface area contributed by atoms with Crippen LogP contribution in [0.15, 0.2) is 24.3 Å². The zero-order valence-corrected chi connectivity index (χ0v) is 10.6. The van der Waals surface area contributed by atoms with Crippen molar-refractivity contribution >= 4 is 5.91 Å². The molecule has 1 aliphatic heterocycles. The van der Waals surface area contributed by atoms with Crippen LogP contribution in [0.2, 0.25) is 0 Å². The summed E-state index contributed by atoms with van der Waals surface area (Å²) in [6, 6.07) is 7.12. The first-order valence-corrected chi connectivity index (χ1v) is 6.28. The fourth-order valence-electron chi connectivity index (χ4n) is 2.23. The van der Waals surface area contributed by atoms with Crippen molar-refractivity contribution in [2.24, 2.45) is 5.92 Å². The van der Waals surface area contributed by atoms with Crippen molar-refractivity contribution in [1.29, 1.82) is 0 Å². The van der Waals surface area contributed by atoms with Gasteiger partial charge >= 0.3 is 0 Å². The predicted octanol–water partition coefficient (Wildman–Crippen LogP) is 1.78. The van der Waals surface area contributed by atoms with Gasteiger partial charge in [-0.25, -0.2) is 0 Å². The van der Waals surface area contributed by atoms with Gasteiger partial charge in [0.05, 0.1) is 0 Å². The molecule has 1 aromatic carbocycles. The highest BCUT2D eigenvalue weighted by molar-refractivity contribution is 5.78. The lowest BCUT2D eigenvalue weighted by Gasteiger charge is -2.26. The summed E-state index contributed by atoms with van der Waals surface area (Å²) in [5.41, 5.74) is 0.778. The van der Waals surface area contributed by atoms with E-state index >= 15 is 0 Å². The van der Waals surface area contributed by atoms with Crippen molar-refractivity contribution < 1.29 is 14.6 Å². The molecule has 0 radical (unpaired) electrons. The van der Waals surface area contributed by atoms with Crippen LogP contribution in [0.4, 0.5) is 0 Å². The number of amides is 1. The van der Waals surface area contributed by atoms with Gasteiger partial charge in [-0.15, -0.1) is 0 Å². The molecule has 1 fully saturated rings. The number of benzene rings is 1. The molecule has 0 unspecified atom stereocenters. The Morgan fingerprint density at radius 3 is 2.72 bits per heavy atom. The number of hydrogen-bond acceptors (Lipinski definition) is 3. The van der Waals surface area contributed by atoms with Gasteiger partial charge in [0, 0.05) is 38.3 Å². The van der Waals surface area contributed by atoms with E-state index in [2.05, 4.69) is 0 Å². The van der Waals surface area contributed by atoms with Crippen LogP contribution in [-0.4, -0.2) is 36.2 Å². The van der Waals surface area contributed by atoms with Crippen molar-refractivity contribution in [3.8, 4) is 5.75 Å². The lowest BCUT2D eigenvalue weighted by Crippen LogP contribution is -2.35. The summed E-state index contributed by atoms with van der Waals surface area (Å²) in [5.74, 6) is 0.445. The van der Waals surface area contributed by atoms with Crippen LogP contribution in [0.3, 0.4) is 0 Å². The van der Waals surface area contributed by atoms with Gasteiger partial charge in [-0.3, -0.25) is 4.79 Å². The lowest BCUT2D eigenvalue weighted by molar-refractivity contribution is -0.137. The molecule has 0 saturated carbocycles. The Balaban J connectivity index is 1.96. The quantitative estimate of drug-likeness (QED) is 0.888. The van der Waals surface area contributed by atoms with Gasteiger partial charge in [-0.1, -0.05) is 18.2 Å². The van der Waals surface area contributed by atoms with Crippen LogP contribution < -0.4 is 0 Å². The summed E-state index contributed by atoms with van der Waals surface area (Å²) in [5, 5.41) is 9.69. The number of carbonyl (C=O) groups excluding carboxylic acids is 1. The second-order valence-electron chi connectivity index (χ2n) is 4.71. The molecule has 4 heteroatoms. The summed E-state index contributed by atoms with van der Waals surface area (Å²) in [7, 11) is 1.78. The van der Waals surface area contributed by atoms with Crippen molar-refractivity contribution in [2.75, 3.05) is 20.3 Å². The highest BCUT2D eigenvalue weighted by Crippen LogP contribution is 2.21. The van der Waals surface area contributed by atoms with E-state index in [-0.39, 0.29) is 17.6 Å². The van der Waals surface area contributed by atoms with E-state index in [4.69, 9.17) is 4.74 Å². The highest BCUT2D eigenvalue weighted by Gasteiger charge is 2.24. The van der Waals surface area contributed by atoms with Crippen molar-refractivity contribution in [2.45, 2.75) is 19.4 Å². The maximum atomic E-state index is 12.2. The maximum absolute atomic E-state index is 12.2. The first-order valence-electron chi connectivity index (χ1n) is 6.28. The predicted molar refractivity (Wildman–Crippen MR) is 68.1 cm³/mol. The summed E-state index contributed by atoms with van der Waals surface area (Å²) in [4.78, 5) is 13.9. The van der Waals surface area contributed by atoms with Crippen LogP contribution in [0, 0.1) is 5.92 Å². The normalized spacial score (nSPS) is 16.5. The number of ether oxygens (including phenoxy) is 1. The molecular formula is C14H19NO3. The molecule has 1 heterocycles. The third-order valence-electron chi connectivity index (χ3n) is 3.35. The largest absolute Gasteiger partial charge is 0.508 e. The molecule has 4 nitrogen and oxygen atoms in total. The van der Waals surface area contributed by atoms with Gasteiger partial charge in [0.2, 0.25) is 5.91 Å². The molecule has 0 bridgehead atoms. The minimum absolute atomic E-state index is 0.0644. The first-order chi connectivity index (χ1) is 8.68. The summed E-state index contributed by atoms with van der Waals surface area (Å²) >= 11 is 0. The molecule has 0 atom stereocenters. The third-order valence-corrected chi connectivity index (χ3v) is 3.35. The van der Waals surface area contributed by atoms with Crippen molar-refractivity contribution in [1.82, 2.24) is 4.90 Å². The maximum Gasteiger partial charge on any atom is 0.225 e. The number of hydrogen-bond donors (Lipinski definition) is 1. The van der Waals surface area contributed by atoms with Crippen LogP contribution in [0.1, 0.15) is 18.4 Å². The molecule has 0 aliphatic carbocycles. The van der Waals surface area contributed by atoms with E-state index in [0.29, 0.717) is 19.8 Å². The monoisotopic (exact) mass is 249 g/mol. The molecule has 0 spiro atoms. The lowest BCUT2D eigenvalue weighted by atomic mass is 9.98. The minimum Gasteiger partial charge on any atom is -0.508 e. The van der Waals surface area contributed by atoms with E-state index < -0.39 is 0 Å². The van der Waals surface area contributed by atoms with Gasteiger partial charge in [-0.05, 0) is 18.9 Å². The fourth-order valence-corrected chi connectivity index (χ4v) is 2.23. The Labute approximate surface area is 107 Å². The van der Waals surface area contributed by atoms with Crippen molar-refractivity contribution in [3.05, 3.63) is 29.8 Å². The average molecular weight is 249 g/mol. The Morgan fingerprint density at radius 1 is 1.39 bits per heavy atom. The molecule has 0 aromatic heterocycles. The molecule has 1 N–H and O–H groups in total. The molecule has 18 heavy (non-hydrogen) atoms. The number of carbonyl (C=O) groups is 1. The smallest absolute Gasteiger partial charge is 0.225 e. The molecule has 1 aromatic rings. The van der Waals surface area contributed by atoms with E-state index in [1.165, 1.54) is 0 Å². The molecule has 1 saturated heterocycles. The molecule has 1 amide bonds. The standard InChI is InChI=1S/C14H19NO3/c1-15(10-12-4-2-3-5-13(12)16)14(17)11-6-8-18-9-7-11/h2-5,11,16H,6-10H2,1H3. The molecule has 98 valence electrons. The second kappa shape index (κ2) is 5.87. The van der Waals surface area contributed by atoms with Crippen LogP contribution in [0.5, 0.6) is 5.75 Å². The number of para-hydroxylation sites is 1. The average Bonchev–Trinajstić information content (AvgIpc) is 2.41. The SMILES string of the molecule is CN(Cc1ccccc1O)C(=O)C1CCOCC1. The summed E-state index contributed by atoms with van der Waals surface area (Å²) in [6.07, 6.45) is 1.59. The number of aromatic hydroxyl groups is 1. The van der Waals surface area contributed by atoms with Crippen LogP contribution in [0.25, 0.3) is 0 Å². The summed E-state index contributed by atoms with van der Waals surface area (Å²) < 4.78 is 5.26. The van der Waals surface area contributed by atoms with E-state index in [1.54, 1.807) is 24.1 Å². The van der Waals surface area contributed by atoms with Crippen LogP contribution >= 0.6 is 0 Å². The molecule has 1 aliphatic rings.